The summed E-state index contributed by atoms with van der Waals surface area (Å²) in [6, 6.07) is 3.97. The minimum absolute atomic E-state index is 0.120. The average molecular weight is 261 g/mol. The van der Waals surface area contributed by atoms with Crippen LogP contribution < -0.4 is 5.73 Å². The lowest BCUT2D eigenvalue weighted by atomic mass is 9.74. The first-order valence-corrected chi connectivity index (χ1v) is 6.74. The normalized spacial score (nSPS) is 16.2. The van der Waals surface area contributed by atoms with Crippen LogP contribution in [0.5, 0.6) is 0 Å². The molecule has 1 aromatic rings. The number of hydrogen-bond donors (Lipinski definition) is 1. The number of nitrogens with two attached hydrogens (primary N) is 1. The second-order valence-electron chi connectivity index (χ2n) is 6.43. The Bertz CT molecular complexity index is 488. The number of aromatic nitrogens is 1. The van der Waals surface area contributed by atoms with Crippen molar-refractivity contribution in [3.05, 3.63) is 29.6 Å². The van der Waals surface area contributed by atoms with Crippen LogP contribution in [-0.2, 0) is 17.8 Å². The van der Waals surface area contributed by atoms with Gasteiger partial charge < -0.3 is 10.6 Å². The van der Waals surface area contributed by atoms with Crippen LogP contribution in [0.15, 0.2) is 18.3 Å². The standard InChI is InChI=1S/C15H23N3O/c1-14(2,15(3,4)16)13(19)18-9-7-12-11(10-18)6-5-8-17-12/h5-6,8H,7,9-10,16H2,1-4H3. The van der Waals surface area contributed by atoms with Crippen molar-refractivity contribution in [3.8, 4) is 0 Å². The van der Waals surface area contributed by atoms with Gasteiger partial charge in [0.1, 0.15) is 0 Å². The molecule has 0 aromatic carbocycles. The first-order chi connectivity index (χ1) is 8.73. The Kier molecular flexibility index (Phi) is 3.39. The van der Waals surface area contributed by atoms with Crippen LogP contribution in [0.3, 0.4) is 0 Å². The molecule has 19 heavy (non-hydrogen) atoms. The highest BCUT2D eigenvalue weighted by molar-refractivity contribution is 5.83. The van der Waals surface area contributed by atoms with Crippen molar-refractivity contribution in [1.29, 1.82) is 0 Å². The largest absolute Gasteiger partial charge is 0.337 e. The van der Waals surface area contributed by atoms with Crippen LogP contribution in [-0.4, -0.2) is 27.9 Å². The minimum Gasteiger partial charge on any atom is -0.337 e. The second kappa shape index (κ2) is 4.60. The van der Waals surface area contributed by atoms with Crippen LogP contribution in [0.1, 0.15) is 39.0 Å². The molecule has 4 heteroatoms. The maximum absolute atomic E-state index is 12.7. The van der Waals surface area contributed by atoms with Crippen molar-refractivity contribution in [3.63, 3.8) is 0 Å². The van der Waals surface area contributed by atoms with E-state index in [1.54, 1.807) is 0 Å². The molecule has 2 N–H and O–H groups in total. The molecule has 0 spiro atoms. The summed E-state index contributed by atoms with van der Waals surface area (Å²) in [4.78, 5) is 19.0. The Balaban J connectivity index is 2.20. The van der Waals surface area contributed by atoms with Gasteiger partial charge >= 0.3 is 0 Å². The van der Waals surface area contributed by atoms with Gasteiger partial charge in [-0.25, -0.2) is 0 Å². The van der Waals surface area contributed by atoms with Crippen molar-refractivity contribution in [2.75, 3.05) is 6.54 Å². The summed E-state index contributed by atoms with van der Waals surface area (Å²) in [5.41, 5.74) is 7.29. The Hall–Kier alpha value is -1.42. The summed E-state index contributed by atoms with van der Waals surface area (Å²) in [7, 11) is 0. The number of amides is 1. The van der Waals surface area contributed by atoms with Gasteiger partial charge in [0.15, 0.2) is 0 Å². The van der Waals surface area contributed by atoms with Gasteiger partial charge in [-0.05, 0) is 39.3 Å². The molecule has 0 atom stereocenters. The minimum atomic E-state index is -0.577. The number of rotatable bonds is 2. The topological polar surface area (TPSA) is 59.2 Å². The molecular weight excluding hydrogens is 238 g/mol. The van der Waals surface area contributed by atoms with Gasteiger partial charge in [0.2, 0.25) is 5.91 Å². The van der Waals surface area contributed by atoms with Crippen molar-refractivity contribution in [1.82, 2.24) is 9.88 Å². The fraction of sp³-hybridized carbons (Fsp3) is 0.600. The lowest BCUT2D eigenvalue weighted by Crippen LogP contribution is -2.57. The number of nitrogens with zero attached hydrogens (tertiary/aromatic N) is 2. The smallest absolute Gasteiger partial charge is 0.230 e. The maximum Gasteiger partial charge on any atom is 0.230 e. The molecule has 0 unspecified atom stereocenters. The predicted molar refractivity (Wildman–Crippen MR) is 75.4 cm³/mol. The van der Waals surface area contributed by atoms with E-state index in [1.165, 1.54) is 0 Å². The Labute approximate surface area is 115 Å². The van der Waals surface area contributed by atoms with Crippen molar-refractivity contribution < 1.29 is 4.79 Å². The zero-order valence-corrected chi connectivity index (χ0v) is 12.2. The van der Waals surface area contributed by atoms with Gasteiger partial charge in [-0.3, -0.25) is 9.78 Å². The molecule has 0 saturated carbocycles. The third-order valence-corrected chi connectivity index (χ3v) is 4.40. The number of fused-ring (bicyclic) bond motifs is 1. The average Bonchev–Trinajstić information content (AvgIpc) is 2.36. The fourth-order valence-corrected chi connectivity index (χ4v) is 2.21. The SMILES string of the molecule is CC(C)(N)C(C)(C)C(=O)N1CCc2ncccc2C1. The second-order valence-corrected chi connectivity index (χ2v) is 6.43. The monoisotopic (exact) mass is 261 g/mol. The van der Waals surface area contributed by atoms with Crippen molar-refractivity contribution in [2.24, 2.45) is 11.1 Å². The highest BCUT2D eigenvalue weighted by Crippen LogP contribution is 2.32. The quantitative estimate of drug-likeness (QED) is 0.882. The van der Waals surface area contributed by atoms with Gasteiger partial charge in [-0.1, -0.05) is 6.07 Å². The molecule has 2 rings (SSSR count). The van der Waals surface area contributed by atoms with Gasteiger partial charge in [0.05, 0.1) is 5.41 Å². The first-order valence-electron chi connectivity index (χ1n) is 6.74. The van der Waals surface area contributed by atoms with E-state index in [9.17, 15) is 4.79 Å². The molecule has 4 nitrogen and oxygen atoms in total. The van der Waals surface area contributed by atoms with Gasteiger partial charge in [-0.15, -0.1) is 0 Å². The van der Waals surface area contributed by atoms with E-state index in [0.717, 1.165) is 24.2 Å². The lowest BCUT2D eigenvalue weighted by molar-refractivity contribution is -0.144. The summed E-state index contributed by atoms with van der Waals surface area (Å²) in [6.45, 7) is 9.03. The van der Waals surface area contributed by atoms with E-state index in [0.29, 0.717) is 6.54 Å². The van der Waals surface area contributed by atoms with E-state index in [1.807, 2.05) is 50.9 Å². The highest BCUT2D eigenvalue weighted by atomic mass is 16.2. The molecule has 0 fully saturated rings. The number of pyridine rings is 1. The van der Waals surface area contributed by atoms with E-state index < -0.39 is 11.0 Å². The summed E-state index contributed by atoms with van der Waals surface area (Å²) in [5.74, 6) is 0.120. The maximum atomic E-state index is 12.7. The number of carbonyl (C=O) groups excluding carboxylic acids is 1. The summed E-state index contributed by atoms with van der Waals surface area (Å²) in [5, 5.41) is 0. The van der Waals surface area contributed by atoms with Gasteiger partial charge in [0.25, 0.3) is 0 Å². The van der Waals surface area contributed by atoms with Crippen LogP contribution >= 0.6 is 0 Å². The van der Waals surface area contributed by atoms with Crippen LogP contribution in [0.4, 0.5) is 0 Å². The Morgan fingerprint density at radius 3 is 2.68 bits per heavy atom. The molecule has 0 saturated heterocycles. The molecule has 0 aliphatic carbocycles. The van der Waals surface area contributed by atoms with E-state index >= 15 is 0 Å². The summed E-state index contributed by atoms with van der Waals surface area (Å²) in [6.07, 6.45) is 2.63. The Morgan fingerprint density at radius 2 is 2.05 bits per heavy atom. The third-order valence-electron chi connectivity index (χ3n) is 4.40. The molecule has 0 bridgehead atoms. The molecule has 1 aliphatic heterocycles. The van der Waals surface area contributed by atoms with Crippen LogP contribution in [0, 0.1) is 5.41 Å². The lowest BCUT2D eigenvalue weighted by Gasteiger charge is -2.42. The molecular formula is C15H23N3O. The fourth-order valence-electron chi connectivity index (χ4n) is 2.21. The van der Waals surface area contributed by atoms with E-state index in [-0.39, 0.29) is 5.91 Å². The zero-order chi connectivity index (χ0) is 14.3. The van der Waals surface area contributed by atoms with Gasteiger partial charge in [-0.2, -0.15) is 0 Å². The molecule has 2 heterocycles. The molecule has 1 aliphatic rings. The predicted octanol–water partition coefficient (Wildman–Crippen LogP) is 1.73. The molecule has 1 amide bonds. The third kappa shape index (κ3) is 2.50. The highest BCUT2D eigenvalue weighted by Gasteiger charge is 2.43. The van der Waals surface area contributed by atoms with E-state index in [4.69, 9.17) is 5.73 Å². The van der Waals surface area contributed by atoms with Gasteiger partial charge in [0, 0.05) is 36.9 Å². The summed E-state index contributed by atoms with van der Waals surface area (Å²) >= 11 is 0. The number of carbonyl (C=O) groups is 1. The van der Waals surface area contributed by atoms with Crippen molar-refractivity contribution in [2.45, 2.75) is 46.2 Å². The molecule has 1 aromatic heterocycles. The van der Waals surface area contributed by atoms with Crippen LogP contribution in [0.2, 0.25) is 0 Å². The number of hydrogen-bond acceptors (Lipinski definition) is 3. The Morgan fingerprint density at radius 1 is 1.37 bits per heavy atom. The summed E-state index contributed by atoms with van der Waals surface area (Å²) < 4.78 is 0. The zero-order valence-electron chi connectivity index (χ0n) is 12.2. The first kappa shape index (κ1) is 14.0. The molecule has 104 valence electrons. The molecule has 0 radical (unpaired) electrons. The van der Waals surface area contributed by atoms with Crippen molar-refractivity contribution >= 4 is 5.91 Å². The van der Waals surface area contributed by atoms with Crippen LogP contribution in [0.25, 0.3) is 0 Å². The van der Waals surface area contributed by atoms with E-state index in [2.05, 4.69) is 4.98 Å².